The van der Waals surface area contributed by atoms with E-state index >= 15 is 0 Å². The molecule has 2 aliphatic rings. The molecule has 2 atom stereocenters. The Hall–Kier alpha value is -1.10. The number of hydrazine groups is 1. The summed E-state index contributed by atoms with van der Waals surface area (Å²) < 4.78 is 0. The van der Waals surface area contributed by atoms with Crippen LogP contribution in [0.15, 0.2) is 24.3 Å². The number of halogens is 1. The molecule has 120 valence electrons. The van der Waals surface area contributed by atoms with Crippen molar-refractivity contribution in [3.63, 3.8) is 0 Å². The second kappa shape index (κ2) is 7.44. The van der Waals surface area contributed by atoms with Gasteiger partial charge < -0.3 is 5.32 Å². The highest BCUT2D eigenvalue weighted by Gasteiger charge is 2.34. The Morgan fingerprint density at radius 3 is 2.68 bits per heavy atom. The summed E-state index contributed by atoms with van der Waals surface area (Å²) >= 11 is 6.08. The predicted molar refractivity (Wildman–Crippen MR) is 88.5 cm³/mol. The first-order valence-electron chi connectivity index (χ1n) is 8.28. The lowest BCUT2D eigenvalue weighted by Crippen LogP contribution is -2.41. The zero-order valence-electron chi connectivity index (χ0n) is 12.8. The fraction of sp³-hybridized carbons (Fsp3) is 0.588. The van der Waals surface area contributed by atoms with Gasteiger partial charge in [-0.25, -0.2) is 5.43 Å². The van der Waals surface area contributed by atoms with Crippen LogP contribution in [0.4, 0.5) is 0 Å². The molecular formula is C17H24ClN3O. The molecule has 1 aromatic rings. The van der Waals surface area contributed by atoms with Gasteiger partial charge in [0, 0.05) is 17.6 Å². The Morgan fingerprint density at radius 1 is 1.18 bits per heavy atom. The van der Waals surface area contributed by atoms with E-state index in [1.54, 1.807) is 0 Å². The molecule has 0 spiro atoms. The third-order valence-electron chi connectivity index (χ3n) is 4.73. The first kappa shape index (κ1) is 15.8. The van der Waals surface area contributed by atoms with Crippen LogP contribution in [0.2, 0.25) is 5.02 Å². The van der Waals surface area contributed by atoms with Gasteiger partial charge in [0.25, 0.3) is 0 Å². The molecule has 0 aromatic heterocycles. The van der Waals surface area contributed by atoms with Gasteiger partial charge in [-0.3, -0.25) is 10.2 Å². The second-order valence-corrected chi connectivity index (χ2v) is 6.80. The molecule has 3 N–H and O–H groups in total. The Morgan fingerprint density at radius 2 is 1.95 bits per heavy atom. The molecule has 1 amide bonds. The summed E-state index contributed by atoms with van der Waals surface area (Å²) in [7, 11) is 0. The maximum Gasteiger partial charge on any atom is 0.226 e. The van der Waals surface area contributed by atoms with Gasteiger partial charge in [0.05, 0.1) is 12.0 Å². The van der Waals surface area contributed by atoms with Gasteiger partial charge in [-0.05, 0) is 30.5 Å². The van der Waals surface area contributed by atoms with Crippen LogP contribution in [0.3, 0.4) is 0 Å². The normalized spacial score (nSPS) is 26.6. The average Bonchev–Trinajstić information content (AvgIpc) is 2.87. The average molecular weight is 322 g/mol. The lowest BCUT2D eigenvalue weighted by Gasteiger charge is -2.22. The van der Waals surface area contributed by atoms with Gasteiger partial charge in [-0.15, -0.1) is 0 Å². The van der Waals surface area contributed by atoms with Crippen molar-refractivity contribution in [2.24, 2.45) is 5.92 Å². The van der Waals surface area contributed by atoms with Crippen LogP contribution in [-0.2, 0) is 4.79 Å². The van der Waals surface area contributed by atoms with E-state index in [4.69, 9.17) is 11.6 Å². The summed E-state index contributed by atoms with van der Waals surface area (Å²) in [5.74, 6) is 0.0519. The molecule has 5 heteroatoms. The molecule has 1 aromatic carbocycles. The van der Waals surface area contributed by atoms with Crippen LogP contribution in [-0.4, -0.2) is 18.5 Å². The number of amides is 1. The molecule has 1 saturated heterocycles. The van der Waals surface area contributed by atoms with Crippen molar-refractivity contribution in [3.8, 4) is 0 Å². The molecular weight excluding hydrogens is 298 g/mol. The first-order chi connectivity index (χ1) is 10.7. The van der Waals surface area contributed by atoms with Crippen molar-refractivity contribution in [1.29, 1.82) is 0 Å². The van der Waals surface area contributed by atoms with E-state index in [1.165, 1.54) is 25.7 Å². The van der Waals surface area contributed by atoms with E-state index < -0.39 is 0 Å². The SMILES string of the molecule is O=C(NC1CCCCCC1)C1CNNC1c1cccc(Cl)c1. The van der Waals surface area contributed by atoms with Crippen molar-refractivity contribution in [3.05, 3.63) is 34.9 Å². The van der Waals surface area contributed by atoms with Gasteiger partial charge in [-0.2, -0.15) is 0 Å². The van der Waals surface area contributed by atoms with Crippen molar-refractivity contribution < 1.29 is 4.79 Å². The second-order valence-electron chi connectivity index (χ2n) is 6.36. The summed E-state index contributed by atoms with van der Waals surface area (Å²) in [6.45, 7) is 0.649. The van der Waals surface area contributed by atoms with Crippen molar-refractivity contribution in [1.82, 2.24) is 16.2 Å². The zero-order chi connectivity index (χ0) is 15.4. The first-order valence-corrected chi connectivity index (χ1v) is 8.66. The highest BCUT2D eigenvalue weighted by atomic mass is 35.5. The van der Waals surface area contributed by atoms with Gasteiger partial charge in [-0.1, -0.05) is 49.4 Å². The number of nitrogens with one attached hydrogen (secondary N) is 3. The Kier molecular flexibility index (Phi) is 5.34. The summed E-state index contributed by atoms with van der Waals surface area (Å²) in [6, 6.07) is 8.05. The van der Waals surface area contributed by atoms with E-state index in [2.05, 4.69) is 16.2 Å². The number of carbonyl (C=O) groups is 1. The lowest BCUT2D eigenvalue weighted by atomic mass is 9.93. The van der Waals surface area contributed by atoms with Crippen LogP contribution < -0.4 is 16.2 Å². The number of hydrogen-bond acceptors (Lipinski definition) is 3. The maximum atomic E-state index is 12.7. The quantitative estimate of drug-likeness (QED) is 0.750. The third kappa shape index (κ3) is 3.80. The zero-order valence-corrected chi connectivity index (χ0v) is 13.5. The standard InChI is InChI=1S/C17H24ClN3O/c18-13-7-5-6-12(10-13)16-15(11-19-21-16)17(22)20-14-8-3-1-2-4-9-14/h5-7,10,14-16,19,21H,1-4,8-9,11H2,(H,20,22). The van der Waals surface area contributed by atoms with Crippen LogP contribution in [0.5, 0.6) is 0 Å². The Bertz CT molecular complexity index is 514. The Labute approximate surface area is 137 Å². The van der Waals surface area contributed by atoms with Crippen molar-refractivity contribution in [2.45, 2.75) is 50.6 Å². The Balaban J connectivity index is 1.65. The highest BCUT2D eigenvalue weighted by Crippen LogP contribution is 2.27. The molecule has 1 heterocycles. The number of hydrogen-bond donors (Lipinski definition) is 3. The minimum Gasteiger partial charge on any atom is -0.353 e. The summed E-state index contributed by atoms with van der Waals surface area (Å²) in [4.78, 5) is 12.7. The molecule has 1 saturated carbocycles. The van der Waals surface area contributed by atoms with Crippen LogP contribution in [0.25, 0.3) is 0 Å². The van der Waals surface area contributed by atoms with Crippen LogP contribution in [0.1, 0.15) is 50.1 Å². The van der Waals surface area contributed by atoms with E-state index in [-0.39, 0.29) is 17.9 Å². The topological polar surface area (TPSA) is 53.2 Å². The lowest BCUT2D eigenvalue weighted by molar-refractivity contribution is -0.125. The fourth-order valence-corrected chi connectivity index (χ4v) is 3.69. The van der Waals surface area contributed by atoms with E-state index in [1.807, 2.05) is 24.3 Å². The van der Waals surface area contributed by atoms with E-state index in [0.29, 0.717) is 17.6 Å². The molecule has 1 aliphatic heterocycles. The van der Waals surface area contributed by atoms with Crippen molar-refractivity contribution >= 4 is 17.5 Å². The van der Waals surface area contributed by atoms with Crippen LogP contribution >= 0.6 is 11.6 Å². The maximum absolute atomic E-state index is 12.7. The largest absolute Gasteiger partial charge is 0.353 e. The van der Waals surface area contributed by atoms with Gasteiger partial charge in [0.15, 0.2) is 0 Å². The van der Waals surface area contributed by atoms with Gasteiger partial charge >= 0.3 is 0 Å². The number of benzene rings is 1. The molecule has 2 unspecified atom stereocenters. The number of rotatable bonds is 3. The molecule has 0 bridgehead atoms. The smallest absolute Gasteiger partial charge is 0.226 e. The van der Waals surface area contributed by atoms with E-state index in [9.17, 15) is 4.79 Å². The summed E-state index contributed by atoms with van der Waals surface area (Å²) in [5, 5.41) is 3.97. The molecule has 1 aliphatic carbocycles. The third-order valence-corrected chi connectivity index (χ3v) is 4.96. The molecule has 0 radical (unpaired) electrons. The summed E-state index contributed by atoms with van der Waals surface area (Å²) in [5.41, 5.74) is 7.38. The van der Waals surface area contributed by atoms with E-state index in [0.717, 1.165) is 18.4 Å². The molecule has 2 fully saturated rings. The van der Waals surface area contributed by atoms with Crippen LogP contribution in [0, 0.1) is 5.92 Å². The fourth-order valence-electron chi connectivity index (χ4n) is 3.49. The summed E-state index contributed by atoms with van der Waals surface area (Å²) in [6.07, 6.45) is 7.27. The molecule has 3 rings (SSSR count). The molecule has 4 nitrogen and oxygen atoms in total. The minimum absolute atomic E-state index is 0.0236. The van der Waals surface area contributed by atoms with Crippen molar-refractivity contribution in [2.75, 3.05) is 6.54 Å². The number of carbonyl (C=O) groups excluding carboxylic acids is 1. The predicted octanol–water partition coefficient (Wildman–Crippen LogP) is 2.94. The van der Waals surface area contributed by atoms with Gasteiger partial charge in [0.2, 0.25) is 5.91 Å². The monoisotopic (exact) mass is 321 g/mol. The minimum atomic E-state index is -0.0956. The van der Waals surface area contributed by atoms with Gasteiger partial charge in [0.1, 0.15) is 0 Å². The highest BCUT2D eigenvalue weighted by molar-refractivity contribution is 6.30. The molecule has 22 heavy (non-hydrogen) atoms.